The van der Waals surface area contributed by atoms with Gasteiger partial charge in [-0.15, -0.1) is 0 Å². The first-order valence-corrected chi connectivity index (χ1v) is 6.54. The van der Waals surface area contributed by atoms with Crippen molar-refractivity contribution in [2.24, 2.45) is 10.7 Å². The number of nitrogens with one attached hydrogen (secondary N) is 1. The largest absolute Gasteiger partial charge is 0.486 e. The highest BCUT2D eigenvalue weighted by Crippen LogP contribution is 2.30. The molecule has 7 nitrogen and oxygen atoms in total. The van der Waals surface area contributed by atoms with Gasteiger partial charge in [0.1, 0.15) is 13.2 Å². The number of hydrogen-bond acceptors (Lipinski definition) is 5. The molecule has 1 aliphatic rings. The molecule has 0 spiro atoms. The molecule has 3 rings (SSSR count). The molecule has 0 fully saturated rings. The lowest BCUT2D eigenvalue weighted by atomic mass is 10.2. The first kappa shape index (κ1) is 13.2. The fourth-order valence-corrected chi connectivity index (χ4v) is 1.88. The number of hydrogen-bond donors (Lipinski definition) is 2. The minimum atomic E-state index is 0.260. The van der Waals surface area contributed by atoms with Gasteiger partial charge in [-0.25, -0.2) is 15.0 Å². The van der Waals surface area contributed by atoms with Crippen molar-refractivity contribution >= 4 is 11.9 Å². The van der Waals surface area contributed by atoms with E-state index in [2.05, 4.69) is 20.3 Å². The Labute approximate surface area is 121 Å². The summed E-state index contributed by atoms with van der Waals surface area (Å²) in [6.07, 6.45) is 3.26. The van der Waals surface area contributed by atoms with Crippen molar-refractivity contribution < 1.29 is 9.47 Å². The van der Waals surface area contributed by atoms with Crippen LogP contribution >= 0.6 is 0 Å². The quantitative estimate of drug-likeness (QED) is 0.649. The summed E-state index contributed by atoms with van der Waals surface area (Å²) in [4.78, 5) is 12.3. The van der Waals surface area contributed by atoms with Crippen LogP contribution in [0, 0.1) is 0 Å². The van der Waals surface area contributed by atoms with Gasteiger partial charge >= 0.3 is 0 Å². The van der Waals surface area contributed by atoms with E-state index in [9.17, 15) is 0 Å². The third-order valence-electron chi connectivity index (χ3n) is 2.84. The van der Waals surface area contributed by atoms with Crippen LogP contribution in [0.2, 0.25) is 0 Å². The standard InChI is InChI=1S/C14H15N5O2/c15-13(19-14-16-4-1-5-17-14)18-9-10-2-3-11-12(8-10)21-7-6-20-11/h1-5,8H,6-7,9H2,(H3,15,16,17,18,19). The normalized spacial score (nSPS) is 13.8. The molecule has 0 bridgehead atoms. The van der Waals surface area contributed by atoms with Crippen LogP contribution < -0.4 is 20.5 Å². The van der Waals surface area contributed by atoms with E-state index in [-0.39, 0.29) is 5.96 Å². The average Bonchev–Trinajstić information content (AvgIpc) is 2.54. The summed E-state index contributed by atoms with van der Waals surface area (Å²) < 4.78 is 11.0. The maximum Gasteiger partial charge on any atom is 0.229 e. The third-order valence-corrected chi connectivity index (χ3v) is 2.84. The number of benzene rings is 1. The Bertz CT molecular complexity index is 645. The smallest absolute Gasteiger partial charge is 0.229 e. The van der Waals surface area contributed by atoms with Crippen molar-refractivity contribution in [2.45, 2.75) is 6.54 Å². The molecule has 0 saturated heterocycles. The second kappa shape index (κ2) is 6.08. The molecule has 2 heterocycles. The lowest BCUT2D eigenvalue weighted by Gasteiger charge is -2.18. The van der Waals surface area contributed by atoms with E-state index in [0.717, 1.165) is 17.1 Å². The van der Waals surface area contributed by atoms with Crippen LogP contribution in [0.5, 0.6) is 11.5 Å². The number of nitrogens with two attached hydrogens (primary N) is 1. The van der Waals surface area contributed by atoms with Gasteiger partial charge in [0.15, 0.2) is 17.5 Å². The predicted molar refractivity (Wildman–Crippen MR) is 78.4 cm³/mol. The Morgan fingerprint density at radius 3 is 2.76 bits per heavy atom. The Kier molecular flexibility index (Phi) is 3.81. The Balaban J connectivity index is 1.65. The SMILES string of the molecule is NC(=NCc1ccc2c(c1)OCCO2)Nc1ncccn1. The molecule has 7 heteroatoms. The molecule has 0 amide bonds. The molecule has 0 unspecified atom stereocenters. The predicted octanol–water partition coefficient (Wildman–Crippen LogP) is 1.17. The van der Waals surface area contributed by atoms with Gasteiger partial charge in [-0.05, 0) is 23.8 Å². The molecular formula is C14H15N5O2. The highest BCUT2D eigenvalue weighted by molar-refractivity contribution is 5.90. The van der Waals surface area contributed by atoms with Gasteiger partial charge in [0.05, 0.1) is 6.54 Å². The number of nitrogens with zero attached hydrogens (tertiary/aromatic N) is 3. The van der Waals surface area contributed by atoms with Crippen LogP contribution in [-0.4, -0.2) is 29.1 Å². The van der Waals surface area contributed by atoms with E-state index < -0.39 is 0 Å². The number of fused-ring (bicyclic) bond motifs is 1. The van der Waals surface area contributed by atoms with Gasteiger partial charge < -0.3 is 15.2 Å². The molecule has 0 atom stereocenters. The van der Waals surface area contributed by atoms with Gasteiger partial charge in [-0.1, -0.05) is 6.07 Å². The highest BCUT2D eigenvalue weighted by Gasteiger charge is 2.11. The zero-order valence-corrected chi connectivity index (χ0v) is 11.3. The highest BCUT2D eigenvalue weighted by atomic mass is 16.6. The molecule has 1 aliphatic heterocycles. The first-order chi connectivity index (χ1) is 10.3. The van der Waals surface area contributed by atoms with E-state index >= 15 is 0 Å². The number of aliphatic imine (C=N–C) groups is 1. The van der Waals surface area contributed by atoms with Crippen molar-refractivity contribution in [1.29, 1.82) is 0 Å². The molecule has 21 heavy (non-hydrogen) atoms. The van der Waals surface area contributed by atoms with Gasteiger partial charge in [-0.2, -0.15) is 0 Å². The molecule has 0 aliphatic carbocycles. The monoisotopic (exact) mass is 285 g/mol. The van der Waals surface area contributed by atoms with Crippen LogP contribution in [0.1, 0.15) is 5.56 Å². The fraction of sp³-hybridized carbons (Fsp3) is 0.214. The minimum Gasteiger partial charge on any atom is -0.486 e. The molecule has 0 radical (unpaired) electrons. The molecule has 0 saturated carbocycles. The summed E-state index contributed by atoms with van der Waals surface area (Å²) in [5.74, 6) is 2.18. The van der Waals surface area contributed by atoms with Crippen LogP contribution in [0.4, 0.5) is 5.95 Å². The van der Waals surface area contributed by atoms with Crippen molar-refractivity contribution in [3.05, 3.63) is 42.2 Å². The molecule has 3 N–H and O–H groups in total. The van der Waals surface area contributed by atoms with Crippen LogP contribution in [0.25, 0.3) is 0 Å². The number of rotatable bonds is 3. The van der Waals surface area contributed by atoms with Crippen molar-refractivity contribution in [2.75, 3.05) is 18.5 Å². The zero-order chi connectivity index (χ0) is 14.5. The number of aromatic nitrogens is 2. The summed E-state index contributed by atoms with van der Waals surface area (Å²) >= 11 is 0. The van der Waals surface area contributed by atoms with Crippen LogP contribution in [0.15, 0.2) is 41.7 Å². The summed E-state index contributed by atoms with van der Waals surface area (Å²) in [5.41, 5.74) is 6.78. The maximum atomic E-state index is 5.79. The third kappa shape index (κ3) is 3.38. The minimum absolute atomic E-state index is 0.260. The number of guanidine groups is 1. The second-order valence-corrected chi connectivity index (χ2v) is 4.38. The Morgan fingerprint density at radius 1 is 1.19 bits per heavy atom. The molecule has 1 aromatic carbocycles. The van der Waals surface area contributed by atoms with Crippen molar-refractivity contribution in [1.82, 2.24) is 9.97 Å². The fourth-order valence-electron chi connectivity index (χ4n) is 1.88. The summed E-state index contributed by atoms with van der Waals surface area (Å²) in [5, 5.41) is 2.82. The van der Waals surface area contributed by atoms with E-state index in [1.165, 1.54) is 0 Å². The number of ether oxygens (including phenoxy) is 2. The molecule has 108 valence electrons. The molecule has 2 aromatic rings. The van der Waals surface area contributed by atoms with Crippen LogP contribution in [-0.2, 0) is 6.54 Å². The average molecular weight is 285 g/mol. The van der Waals surface area contributed by atoms with E-state index in [4.69, 9.17) is 15.2 Å². The van der Waals surface area contributed by atoms with Gasteiger partial charge in [-0.3, -0.25) is 5.32 Å². The van der Waals surface area contributed by atoms with Gasteiger partial charge in [0.2, 0.25) is 5.95 Å². The van der Waals surface area contributed by atoms with Crippen LogP contribution in [0.3, 0.4) is 0 Å². The van der Waals surface area contributed by atoms with Gasteiger partial charge in [0, 0.05) is 12.4 Å². The Morgan fingerprint density at radius 2 is 1.95 bits per heavy atom. The maximum absolute atomic E-state index is 5.79. The van der Waals surface area contributed by atoms with E-state index in [0.29, 0.717) is 25.7 Å². The topological polar surface area (TPSA) is 94.7 Å². The van der Waals surface area contributed by atoms with Crippen molar-refractivity contribution in [3.63, 3.8) is 0 Å². The lowest BCUT2D eigenvalue weighted by Crippen LogP contribution is -2.23. The summed E-state index contributed by atoms with van der Waals surface area (Å²) in [6, 6.07) is 7.45. The van der Waals surface area contributed by atoms with Gasteiger partial charge in [0.25, 0.3) is 0 Å². The summed E-state index contributed by atoms with van der Waals surface area (Å²) in [7, 11) is 0. The second-order valence-electron chi connectivity index (χ2n) is 4.38. The number of anilines is 1. The lowest BCUT2D eigenvalue weighted by molar-refractivity contribution is 0.171. The first-order valence-electron chi connectivity index (χ1n) is 6.54. The Hall–Kier alpha value is -2.83. The van der Waals surface area contributed by atoms with Crippen molar-refractivity contribution in [3.8, 4) is 11.5 Å². The zero-order valence-electron chi connectivity index (χ0n) is 11.3. The molecule has 1 aromatic heterocycles. The summed E-state index contributed by atoms with van der Waals surface area (Å²) in [6.45, 7) is 1.58. The van der Waals surface area contributed by atoms with E-state index in [1.54, 1.807) is 18.5 Å². The van der Waals surface area contributed by atoms with E-state index in [1.807, 2.05) is 18.2 Å². The molecular weight excluding hydrogens is 270 g/mol.